The molecule has 1 heterocycles. The predicted molar refractivity (Wildman–Crippen MR) is 71.9 cm³/mol. The average molecular weight is 268 g/mol. The molecule has 0 aliphatic carbocycles. The number of hydrogen-bond donors (Lipinski definition) is 1. The fourth-order valence-electron chi connectivity index (χ4n) is 1.57. The third kappa shape index (κ3) is 2.82. The minimum atomic E-state index is -0.419. The topological polar surface area (TPSA) is 29.9 Å². The van der Waals surface area contributed by atoms with Crippen molar-refractivity contribution in [1.29, 1.82) is 0 Å². The smallest absolute Gasteiger partial charge is 0.207 e. The molecule has 0 saturated heterocycles. The van der Waals surface area contributed by atoms with Gasteiger partial charge in [0.15, 0.2) is 0 Å². The van der Waals surface area contributed by atoms with Gasteiger partial charge in [0.05, 0.1) is 10.7 Å². The van der Waals surface area contributed by atoms with Crippen LogP contribution in [-0.4, -0.2) is 16.1 Å². The molecule has 0 spiro atoms. The Labute approximate surface area is 111 Å². The summed E-state index contributed by atoms with van der Waals surface area (Å²) in [6.45, 7) is 5.07. The summed E-state index contributed by atoms with van der Waals surface area (Å²) in [4.78, 5) is 4.23. The van der Waals surface area contributed by atoms with Crippen molar-refractivity contribution >= 4 is 17.5 Å². The summed E-state index contributed by atoms with van der Waals surface area (Å²) in [6, 6.07) is 4.60. The average Bonchev–Trinajstić information content (AvgIpc) is 2.78. The first-order chi connectivity index (χ1) is 8.58. The van der Waals surface area contributed by atoms with E-state index in [0.29, 0.717) is 5.92 Å². The van der Waals surface area contributed by atoms with Crippen LogP contribution in [0.15, 0.2) is 30.6 Å². The molecule has 5 heteroatoms. The zero-order valence-corrected chi connectivity index (χ0v) is 11.1. The Morgan fingerprint density at radius 1 is 1.44 bits per heavy atom. The molecule has 1 aromatic carbocycles. The second-order valence-electron chi connectivity index (χ2n) is 4.49. The summed E-state index contributed by atoms with van der Waals surface area (Å²) in [6.07, 6.45) is 3.51. The maximum atomic E-state index is 13.1. The van der Waals surface area contributed by atoms with Crippen LogP contribution in [-0.2, 0) is 0 Å². The Kier molecular flexibility index (Phi) is 3.87. The van der Waals surface area contributed by atoms with Crippen molar-refractivity contribution in [2.75, 3.05) is 11.9 Å². The van der Waals surface area contributed by atoms with Crippen molar-refractivity contribution in [1.82, 2.24) is 9.55 Å². The van der Waals surface area contributed by atoms with Gasteiger partial charge in [0.2, 0.25) is 5.95 Å². The lowest BCUT2D eigenvalue weighted by atomic mass is 10.2. The van der Waals surface area contributed by atoms with Crippen LogP contribution in [0.3, 0.4) is 0 Å². The summed E-state index contributed by atoms with van der Waals surface area (Å²) in [5.41, 5.74) is 0.783. The third-order valence-electron chi connectivity index (χ3n) is 2.49. The van der Waals surface area contributed by atoms with Crippen molar-refractivity contribution in [2.45, 2.75) is 13.8 Å². The first-order valence-corrected chi connectivity index (χ1v) is 6.18. The molecule has 0 bridgehead atoms. The van der Waals surface area contributed by atoms with E-state index < -0.39 is 5.82 Å². The highest BCUT2D eigenvalue weighted by molar-refractivity contribution is 6.30. The van der Waals surface area contributed by atoms with Crippen LogP contribution >= 0.6 is 11.6 Å². The standard InChI is InChI=1S/C13H15ClFN3/c1-9(2)8-17-13-16-5-6-18(13)10-3-4-12(15)11(14)7-10/h3-7,9H,8H2,1-2H3,(H,16,17). The Morgan fingerprint density at radius 3 is 2.89 bits per heavy atom. The van der Waals surface area contributed by atoms with Gasteiger partial charge in [0.1, 0.15) is 5.82 Å². The fraction of sp³-hybridized carbons (Fsp3) is 0.308. The van der Waals surface area contributed by atoms with E-state index in [-0.39, 0.29) is 5.02 Å². The molecular formula is C13H15ClFN3. The number of rotatable bonds is 4. The largest absolute Gasteiger partial charge is 0.355 e. The number of nitrogens with one attached hydrogen (secondary N) is 1. The van der Waals surface area contributed by atoms with E-state index in [1.807, 2.05) is 10.8 Å². The molecule has 0 aliphatic heterocycles. The summed E-state index contributed by atoms with van der Waals surface area (Å²) < 4.78 is 15.0. The van der Waals surface area contributed by atoms with Crippen molar-refractivity contribution in [3.63, 3.8) is 0 Å². The number of hydrogen-bond acceptors (Lipinski definition) is 2. The second-order valence-corrected chi connectivity index (χ2v) is 4.90. The Balaban J connectivity index is 2.27. The van der Waals surface area contributed by atoms with Gasteiger partial charge in [-0.3, -0.25) is 4.57 Å². The molecule has 0 saturated carbocycles. The van der Waals surface area contributed by atoms with Crippen molar-refractivity contribution in [3.05, 3.63) is 41.4 Å². The molecule has 18 heavy (non-hydrogen) atoms. The lowest BCUT2D eigenvalue weighted by molar-refractivity contribution is 0.628. The highest BCUT2D eigenvalue weighted by atomic mass is 35.5. The molecule has 0 aliphatic rings. The lowest BCUT2D eigenvalue weighted by Crippen LogP contribution is -2.12. The highest BCUT2D eigenvalue weighted by Gasteiger charge is 2.07. The number of anilines is 1. The van der Waals surface area contributed by atoms with Crippen LogP contribution in [0.25, 0.3) is 5.69 Å². The summed E-state index contributed by atoms with van der Waals surface area (Å²) in [5.74, 6) is 0.829. The van der Waals surface area contributed by atoms with E-state index in [4.69, 9.17) is 11.6 Å². The van der Waals surface area contributed by atoms with Gasteiger partial charge in [-0.15, -0.1) is 0 Å². The third-order valence-corrected chi connectivity index (χ3v) is 2.78. The molecular weight excluding hydrogens is 253 g/mol. The number of halogens is 2. The van der Waals surface area contributed by atoms with Crippen molar-refractivity contribution < 1.29 is 4.39 Å². The predicted octanol–water partition coefficient (Wildman–Crippen LogP) is 3.73. The van der Waals surface area contributed by atoms with Crippen LogP contribution in [0.1, 0.15) is 13.8 Å². The van der Waals surface area contributed by atoms with Crippen molar-refractivity contribution in [3.8, 4) is 5.69 Å². The molecule has 0 radical (unpaired) electrons. The summed E-state index contributed by atoms with van der Waals surface area (Å²) in [7, 11) is 0. The van der Waals surface area contributed by atoms with Gasteiger partial charge in [0, 0.05) is 18.9 Å². The number of imidazole rings is 1. The molecule has 0 unspecified atom stereocenters. The first-order valence-electron chi connectivity index (χ1n) is 5.80. The summed E-state index contributed by atoms with van der Waals surface area (Å²) >= 11 is 5.78. The SMILES string of the molecule is CC(C)CNc1nccn1-c1ccc(F)c(Cl)c1. The number of nitrogens with zero attached hydrogens (tertiary/aromatic N) is 2. The van der Waals surface area contributed by atoms with Crippen LogP contribution in [0, 0.1) is 11.7 Å². The molecule has 2 rings (SSSR count). The van der Waals surface area contributed by atoms with Gasteiger partial charge in [0.25, 0.3) is 0 Å². The van der Waals surface area contributed by atoms with Gasteiger partial charge in [-0.05, 0) is 24.1 Å². The van der Waals surface area contributed by atoms with E-state index >= 15 is 0 Å². The van der Waals surface area contributed by atoms with Crippen LogP contribution in [0.5, 0.6) is 0 Å². The zero-order valence-electron chi connectivity index (χ0n) is 10.3. The van der Waals surface area contributed by atoms with E-state index in [9.17, 15) is 4.39 Å². The molecule has 3 nitrogen and oxygen atoms in total. The highest BCUT2D eigenvalue weighted by Crippen LogP contribution is 2.21. The van der Waals surface area contributed by atoms with Gasteiger partial charge in [-0.2, -0.15) is 0 Å². The lowest BCUT2D eigenvalue weighted by Gasteiger charge is -2.11. The monoisotopic (exact) mass is 267 g/mol. The van der Waals surface area contributed by atoms with Gasteiger partial charge in [-0.1, -0.05) is 25.4 Å². The maximum absolute atomic E-state index is 13.1. The zero-order chi connectivity index (χ0) is 13.1. The van der Waals surface area contributed by atoms with Crippen LogP contribution in [0.2, 0.25) is 5.02 Å². The molecule has 1 N–H and O–H groups in total. The van der Waals surface area contributed by atoms with Gasteiger partial charge < -0.3 is 5.32 Å². The minimum Gasteiger partial charge on any atom is -0.355 e. The van der Waals surface area contributed by atoms with Crippen LogP contribution in [0.4, 0.5) is 10.3 Å². The summed E-state index contributed by atoms with van der Waals surface area (Å²) in [5, 5.41) is 3.35. The molecule has 0 atom stereocenters. The van der Waals surface area contributed by atoms with Crippen LogP contribution < -0.4 is 5.32 Å². The first kappa shape index (κ1) is 12.9. The van der Waals surface area contributed by atoms with E-state index in [2.05, 4.69) is 24.1 Å². The van der Waals surface area contributed by atoms with Crippen molar-refractivity contribution in [2.24, 2.45) is 5.92 Å². The number of benzene rings is 1. The normalized spacial score (nSPS) is 10.9. The van der Waals surface area contributed by atoms with E-state index in [0.717, 1.165) is 18.2 Å². The van der Waals surface area contributed by atoms with Gasteiger partial charge >= 0.3 is 0 Å². The van der Waals surface area contributed by atoms with Gasteiger partial charge in [-0.25, -0.2) is 9.37 Å². The quantitative estimate of drug-likeness (QED) is 0.915. The maximum Gasteiger partial charge on any atom is 0.207 e. The molecule has 96 valence electrons. The van der Waals surface area contributed by atoms with E-state index in [1.54, 1.807) is 18.3 Å². The Bertz CT molecular complexity index is 537. The molecule has 1 aromatic heterocycles. The molecule has 0 fully saturated rings. The van der Waals surface area contributed by atoms with E-state index in [1.165, 1.54) is 6.07 Å². The minimum absolute atomic E-state index is 0.107. The second kappa shape index (κ2) is 5.40. The number of aromatic nitrogens is 2. The Hall–Kier alpha value is -1.55. The molecule has 2 aromatic rings. The fourth-order valence-corrected chi connectivity index (χ4v) is 1.75. The molecule has 0 amide bonds. The Morgan fingerprint density at radius 2 is 2.22 bits per heavy atom.